The molecule has 0 amide bonds. The molecule has 1 heterocycles. The highest BCUT2D eigenvalue weighted by Crippen LogP contribution is 2.37. The summed E-state index contributed by atoms with van der Waals surface area (Å²) < 4.78 is 7.80. The summed E-state index contributed by atoms with van der Waals surface area (Å²) in [6, 6.07) is 2.05. The number of aliphatic hydroxyl groups is 2. The van der Waals surface area contributed by atoms with Gasteiger partial charge in [-0.15, -0.1) is 11.3 Å². The second-order valence-electron chi connectivity index (χ2n) is 7.62. The van der Waals surface area contributed by atoms with Crippen LogP contribution in [0.4, 0.5) is 0 Å². The predicted octanol–water partition coefficient (Wildman–Crippen LogP) is 5.34. The number of carboxylic acids is 1. The normalized spacial score (nSPS) is 25.5. The Balaban J connectivity index is 1.89. The van der Waals surface area contributed by atoms with Gasteiger partial charge in [0.2, 0.25) is 0 Å². The smallest absolute Gasteiger partial charge is 0.303 e. The van der Waals surface area contributed by atoms with Crippen LogP contribution in [0.5, 0.6) is 0 Å². The highest BCUT2D eigenvalue weighted by atomic mass is 79.9. The minimum absolute atomic E-state index is 0.0492. The number of hydrogen-bond donors (Lipinski definition) is 3. The van der Waals surface area contributed by atoms with Crippen LogP contribution in [0.1, 0.15) is 43.4 Å². The van der Waals surface area contributed by atoms with Crippen LogP contribution in [-0.4, -0.2) is 46.7 Å². The van der Waals surface area contributed by atoms with E-state index >= 15 is 0 Å². The zero-order chi connectivity index (χ0) is 22.1. The van der Waals surface area contributed by atoms with E-state index in [0.29, 0.717) is 25.7 Å². The minimum atomic E-state index is -0.783. The van der Waals surface area contributed by atoms with Crippen LogP contribution in [0.3, 0.4) is 0 Å². The maximum atomic E-state index is 10.6. The molecule has 5 atom stereocenters. The fourth-order valence-corrected chi connectivity index (χ4v) is 6.55. The lowest BCUT2D eigenvalue weighted by atomic mass is 9.89. The van der Waals surface area contributed by atoms with E-state index in [2.05, 4.69) is 31.9 Å². The summed E-state index contributed by atoms with van der Waals surface area (Å²) in [6.45, 7) is 0. The van der Waals surface area contributed by atoms with Crippen molar-refractivity contribution in [3.8, 4) is 0 Å². The minimum Gasteiger partial charge on any atom is -0.481 e. The molecule has 1 aliphatic carbocycles. The van der Waals surface area contributed by atoms with Crippen molar-refractivity contribution in [2.24, 2.45) is 11.8 Å². The van der Waals surface area contributed by atoms with Gasteiger partial charge in [-0.3, -0.25) is 4.79 Å². The van der Waals surface area contributed by atoms with Crippen LogP contribution >= 0.6 is 43.2 Å². The summed E-state index contributed by atoms with van der Waals surface area (Å²) in [4.78, 5) is 11.8. The van der Waals surface area contributed by atoms with Crippen LogP contribution in [0.25, 0.3) is 0 Å². The van der Waals surface area contributed by atoms with Crippen molar-refractivity contribution in [2.45, 2.75) is 63.3 Å². The molecule has 3 N–H and O–H groups in total. The molecule has 5 unspecified atom stereocenters. The largest absolute Gasteiger partial charge is 0.481 e. The number of halogens is 2. The maximum absolute atomic E-state index is 10.6. The van der Waals surface area contributed by atoms with Crippen molar-refractivity contribution in [3.05, 3.63) is 43.5 Å². The molecule has 1 aromatic rings. The van der Waals surface area contributed by atoms with Crippen LogP contribution in [0.15, 0.2) is 38.6 Å². The molecule has 0 saturated heterocycles. The first kappa shape index (κ1) is 25.7. The molecule has 1 aromatic heterocycles. The third kappa shape index (κ3) is 8.20. The summed E-state index contributed by atoms with van der Waals surface area (Å²) in [7, 11) is 1.69. The molecule has 1 saturated carbocycles. The number of unbranched alkanes of at least 4 members (excludes halogenated alkanes) is 1. The van der Waals surface area contributed by atoms with Gasteiger partial charge < -0.3 is 20.1 Å². The molecule has 168 valence electrons. The lowest BCUT2D eigenvalue weighted by molar-refractivity contribution is -0.137. The summed E-state index contributed by atoms with van der Waals surface area (Å²) in [5.74, 6) is -0.953. The first-order chi connectivity index (χ1) is 14.3. The molecule has 5 nitrogen and oxygen atoms in total. The van der Waals surface area contributed by atoms with Gasteiger partial charge in [0, 0.05) is 35.2 Å². The number of allylic oxidation sites excluding steroid dienone is 2. The van der Waals surface area contributed by atoms with Crippen LogP contribution in [-0.2, 0) is 16.0 Å². The van der Waals surface area contributed by atoms with E-state index < -0.39 is 18.2 Å². The molecule has 0 aromatic carbocycles. The van der Waals surface area contributed by atoms with Gasteiger partial charge in [-0.2, -0.15) is 0 Å². The van der Waals surface area contributed by atoms with E-state index in [1.54, 1.807) is 18.4 Å². The number of aliphatic hydroxyl groups excluding tert-OH is 2. The lowest BCUT2D eigenvalue weighted by Crippen LogP contribution is -2.20. The number of thiophene rings is 1. The number of hydrogen-bond acceptors (Lipinski definition) is 5. The van der Waals surface area contributed by atoms with Gasteiger partial charge in [0.1, 0.15) is 0 Å². The van der Waals surface area contributed by atoms with Crippen LogP contribution < -0.4 is 0 Å². The van der Waals surface area contributed by atoms with Crippen molar-refractivity contribution >= 4 is 49.2 Å². The van der Waals surface area contributed by atoms with E-state index in [0.717, 1.165) is 21.1 Å². The van der Waals surface area contributed by atoms with E-state index in [1.807, 2.05) is 30.4 Å². The average molecular weight is 566 g/mol. The SMILES string of the molecule is COC(/C=C/C1C(O)CC(O)C1C/C=C/CCCC(=O)O)CCc1sc(Br)cc1Br. The Labute approximate surface area is 199 Å². The number of aliphatic carboxylic acids is 1. The molecule has 0 radical (unpaired) electrons. The van der Waals surface area contributed by atoms with E-state index in [1.165, 1.54) is 4.88 Å². The number of carboxylic acid groups (broad SMARTS) is 1. The molecule has 30 heavy (non-hydrogen) atoms. The topological polar surface area (TPSA) is 87.0 Å². The maximum Gasteiger partial charge on any atom is 0.303 e. The highest BCUT2D eigenvalue weighted by Gasteiger charge is 2.39. The number of carbonyl (C=O) groups is 1. The molecule has 0 aliphatic heterocycles. The fourth-order valence-electron chi connectivity index (χ4n) is 3.81. The number of rotatable bonds is 12. The Hall–Kier alpha value is -0.510. The van der Waals surface area contributed by atoms with E-state index in [-0.39, 0.29) is 24.4 Å². The van der Waals surface area contributed by atoms with Crippen molar-refractivity contribution in [1.82, 2.24) is 0 Å². The van der Waals surface area contributed by atoms with Gasteiger partial charge in [-0.25, -0.2) is 0 Å². The lowest BCUT2D eigenvalue weighted by Gasteiger charge is -2.20. The third-order valence-corrected chi connectivity index (χ3v) is 8.15. The predicted molar refractivity (Wildman–Crippen MR) is 127 cm³/mol. The standard InChI is InChI=1S/C22H30Br2O5S/c1-29-14(9-11-20-17(23)12-21(24)30-20)8-10-16-15(18(25)13-19(16)26)6-4-2-3-5-7-22(27)28/h2,4,8,10,12,14-16,18-19,25-26H,3,5-7,9,11,13H2,1H3,(H,27,28)/b4-2+,10-8+. The summed E-state index contributed by atoms with van der Waals surface area (Å²) in [5, 5.41) is 29.5. The van der Waals surface area contributed by atoms with Crippen LogP contribution in [0, 0.1) is 11.8 Å². The Morgan fingerprint density at radius 3 is 2.73 bits per heavy atom. The molecule has 0 spiro atoms. The Kier molecular flexibility index (Phi) is 11.3. The van der Waals surface area contributed by atoms with Crippen molar-refractivity contribution in [1.29, 1.82) is 0 Å². The van der Waals surface area contributed by atoms with Crippen LogP contribution in [0.2, 0.25) is 0 Å². The van der Waals surface area contributed by atoms with E-state index in [9.17, 15) is 15.0 Å². The van der Waals surface area contributed by atoms with Crippen molar-refractivity contribution in [2.75, 3.05) is 7.11 Å². The molecular formula is C22H30Br2O5S. The van der Waals surface area contributed by atoms with Gasteiger partial charge in [0.25, 0.3) is 0 Å². The van der Waals surface area contributed by atoms with Gasteiger partial charge in [0.05, 0.1) is 22.1 Å². The average Bonchev–Trinajstić information content (AvgIpc) is 3.15. The zero-order valence-electron chi connectivity index (χ0n) is 17.0. The Morgan fingerprint density at radius 2 is 2.10 bits per heavy atom. The number of methoxy groups -OCH3 is 1. The van der Waals surface area contributed by atoms with Gasteiger partial charge in [-0.1, -0.05) is 24.3 Å². The first-order valence-electron chi connectivity index (χ1n) is 10.2. The highest BCUT2D eigenvalue weighted by molar-refractivity contribution is 9.11. The van der Waals surface area contributed by atoms with E-state index in [4.69, 9.17) is 9.84 Å². The second kappa shape index (κ2) is 13.1. The Morgan fingerprint density at radius 1 is 1.33 bits per heavy atom. The number of ether oxygens (including phenoxy) is 1. The molecule has 2 rings (SSSR count). The van der Waals surface area contributed by atoms with Gasteiger partial charge in [0.15, 0.2) is 0 Å². The van der Waals surface area contributed by atoms with Crippen molar-refractivity contribution in [3.63, 3.8) is 0 Å². The Bertz CT molecular complexity index is 733. The molecule has 8 heteroatoms. The molecule has 1 fully saturated rings. The molecule has 0 bridgehead atoms. The summed E-state index contributed by atoms with van der Waals surface area (Å²) in [6.07, 6.45) is 11.0. The monoisotopic (exact) mass is 564 g/mol. The quantitative estimate of drug-likeness (QED) is 0.235. The zero-order valence-corrected chi connectivity index (χ0v) is 21.0. The van der Waals surface area contributed by atoms with Gasteiger partial charge in [-0.05, 0) is 75.9 Å². The second-order valence-corrected chi connectivity index (χ2v) is 11.0. The molecular weight excluding hydrogens is 536 g/mol. The fraction of sp³-hybridized carbons (Fsp3) is 0.591. The third-order valence-electron chi connectivity index (χ3n) is 5.49. The molecule has 1 aliphatic rings. The summed E-state index contributed by atoms with van der Waals surface area (Å²) >= 11 is 8.78. The number of aryl methyl sites for hydroxylation is 1. The van der Waals surface area contributed by atoms with Gasteiger partial charge >= 0.3 is 5.97 Å². The van der Waals surface area contributed by atoms with Crippen molar-refractivity contribution < 1.29 is 24.9 Å². The summed E-state index contributed by atoms with van der Waals surface area (Å²) in [5.41, 5.74) is 0. The first-order valence-corrected chi connectivity index (χ1v) is 12.6.